The van der Waals surface area contributed by atoms with Crippen molar-refractivity contribution in [2.45, 2.75) is 80.1 Å². The molecular formula is C24H38O4. The van der Waals surface area contributed by atoms with Crippen LogP contribution in [-0.4, -0.2) is 25.2 Å². The van der Waals surface area contributed by atoms with E-state index >= 15 is 0 Å². The van der Waals surface area contributed by atoms with Gasteiger partial charge < -0.3 is 9.47 Å². The van der Waals surface area contributed by atoms with Gasteiger partial charge in [-0.25, -0.2) is 4.79 Å². The molecule has 0 unspecified atom stereocenters. The lowest BCUT2D eigenvalue weighted by molar-refractivity contribution is -0.140. The zero-order chi connectivity index (χ0) is 21.4. The predicted molar refractivity (Wildman–Crippen MR) is 116 cm³/mol. The van der Waals surface area contributed by atoms with Crippen LogP contribution >= 0.6 is 0 Å². The molecule has 158 valence electrons. The predicted octanol–water partition coefficient (Wildman–Crippen LogP) is 6.24. The first-order valence-electron chi connectivity index (χ1n) is 10.2. The van der Waals surface area contributed by atoms with Crippen molar-refractivity contribution in [2.24, 2.45) is 0 Å². The average Bonchev–Trinajstić information content (AvgIpc) is 2.60. The Hall–Kier alpha value is -2.10. The molecule has 0 aromatic carbocycles. The minimum absolute atomic E-state index is 0.223. The molecule has 0 atom stereocenters. The Morgan fingerprint density at radius 2 is 1.29 bits per heavy atom. The van der Waals surface area contributed by atoms with Gasteiger partial charge in [0.2, 0.25) is 0 Å². The first-order valence-corrected chi connectivity index (χ1v) is 10.2. The van der Waals surface area contributed by atoms with Crippen LogP contribution in [0.1, 0.15) is 80.1 Å². The molecule has 0 amide bonds. The van der Waals surface area contributed by atoms with Gasteiger partial charge >= 0.3 is 11.9 Å². The maximum Gasteiger partial charge on any atom is 0.333 e. The molecule has 0 aliphatic carbocycles. The average molecular weight is 391 g/mol. The van der Waals surface area contributed by atoms with Crippen molar-refractivity contribution in [3.8, 4) is 0 Å². The highest BCUT2D eigenvalue weighted by Crippen LogP contribution is 2.15. The molecule has 0 aromatic heterocycles. The van der Waals surface area contributed by atoms with Crippen molar-refractivity contribution in [1.29, 1.82) is 0 Å². The van der Waals surface area contributed by atoms with Crippen molar-refractivity contribution in [3.05, 3.63) is 46.6 Å². The van der Waals surface area contributed by atoms with Gasteiger partial charge in [-0.2, -0.15) is 0 Å². The fraction of sp³-hybridized carbons (Fsp3) is 0.583. The van der Waals surface area contributed by atoms with Crippen LogP contribution in [0.4, 0.5) is 0 Å². The fourth-order valence-electron chi connectivity index (χ4n) is 2.55. The van der Waals surface area contributed by atoms with E-state index in [4.69, 9.17) is 9.47 Å². The number of allylic oxidation sites excluding steroid dienone is 6. The van der Waals surface area contributed by atoms with E-state index in [1.807, 2.05) is 26.0 Å². The molecular weight excluding hydrogens is 352 g/mol. The number of rotatable bonds is 13. The Balaban J connectivity index is 4.64. The molecule has 0 fully saturated rings. The molecule has 28 heavy (non-hydrogen) atoms. The molecule has 0 radical (unpaired) electrons. The second kappa shape index (κ2) is 15.9. The minimum Gasteiger partial charge on any atom is -0.463 e. The number of carbonyl (C=O) groups excluding carboxylic acids is 2. The highest BCUT2D eigenvalue weighted by Gasteiger charge is 2.09. The molecule has 0 aliphatic rings. The van der Waals surface area contributed by atoms with Crippen LogP contribution in [0.3, 0.4) is 0 Å². The Morgan fingerprint density at radius 3 is 1.86 bits per heavy atom. The summed E-state index contributed by atoms with van der Waals surface area (Å²) in [5, 5.41) is 0. The third-order valence-electron chi connectivity index (χ3n) is 4.18. The summed E-state index contributed by atoms with van der Waals surface area (Å²) in [5.74, 6) is -0.502. The second-order valence-corrected chi connectivity index (χ2v) is 7.25. The lowest BCUT2D eigenvalue weighted by Crippen LogP contribution is -2.07. The van der Waals surface area contributed by atoms with Crippen molar-refractivity contribution in [3.63, 3.8) is 0 Å². The first-order chi connectivity index (χ1) is 13.3. The summed E-state index contributed by atoms with van der Waals surface area (Å²) >= 11 is 0. The summed E-state index contributed by atoms with van der Waals surface area (Å²) in [7, 11) is 0. The zero-order valence-corrected chi connectivity index (χ0v) is 18.6. The lowest BCUT2D eigenvalue weighted by Gasteiger charge is -2.07. The Labute approximate surface area is 171 Å². The molecule has 0 N–H and O–H groups in total. The van der Waals surface area contributed by atoms with E-state index in [1.54, 1.807) is 0 Å². The summed E-state index contributed by atoms with van der Waals surface area (Å²) in [6, 6.07) is 0. The number of carbonyl (C=O) groups is 2. The summed E-state index contributed by atoms with van der Waals surface area (Å²) in [6.45, 7) is 12.3. The second-order valence-electron chi connectivity index (χ2n) is 7.25. The van der Waals surface area contributed by atoms with E-state index in [0.29, 0.717) is 19.6 Å². The maximum absolute atomic E-state index is 12.2. The minimum atomic E-state index is -0.280. The van der Waals surface area contributed by atoms with Gasteiger partial charge in [0, 0.05) is 12.5 Å². The molecule has 0 saturated carbocycles. The van der Waals surface area contributed by atoms with Crippen LogP contribution in [0.15, 0.2) is 46.6 Å². The largest absolute Gasteiger partial charge is 0.463 e. The standard InChI is InChI=1S/C24H38O4/c1-7-27-24(26)23(15-9-13-20(4)12-8-11-19(2)3)16-10-14-21(5)17-18-28-22(6)25/h11,13,16-17H,7-10,12,14-15,18H2,1-6H3/b20-13+,21-17+,23-16-. The Kier molecular flexibility index (Phi) is 14.7. The van der Waals surface area contributed by atoms with Crippen LogP contribution in [0, 0.1) is 0 Å². The van der Waals surface area contributed by atoms with Crippen LogP contribution < -0.4 is 0 Å². The SMILES string of the molecule is CCOC(=O)/C(=C\CC/C(C)=C/COC(C)=O)CC/C=C(\C)CCC=C(C)C. The van der Waals surface area contributed by atoms with E-state index in [2.05, 4.69) is 32.9 Å². The Morgan fingerprint density at radius 1 is 0.714 bits per heavy atom. The normalized spacial score (nSPS) is 12.6. The highest BCUT2D eigenvalue weighted by atomic mass is 16.5. The lowest BCUT2D eigenvalue weighted by atomic mass is 10.0. The van der Waals surface area contributed by atoms with Gasteiger partial charge in [-0.3, -0.25) is 4.79 Å². The van der Waals surface area contributed by atoms with Crippen molar-refractivity contribution >= 4 is 11.9 Å². The van der Waals surface area contributed by atoms with Crippen LogP contribution in [0.2, 0.25) is 0 Å². The summed E-state index contributed by atoms with van der Waals surface area (Å²) < 4.78 is 10.1. The maximum atomic E-state index is 12.2. The smallest absolute Gasteiger partial charge is 0.333 e. The van der Waals surface area contributed by atoms with Gasteiger partial charge in [-0.1, -0.05) is 34.9 Å². The van der Waals surface area contributed by atoms with E-state index < -0.39 is 0 Å². The molecule has 0 spiro atoms. The number of esters is 2. The van der Waals surface area contributed by atoms with E-state index in [-0.39, 0.29) is 11.9 Å². The van der Waals surface area contributed by atoms with E-state index in [1.165, 1.54) is 18.1 Å². The topological polar surface area (TPSA) is 52.6 Å². The van der Waals surface area contributed by atoms with E-state index in [9.17, 15) is 9.59 Å². The Bertz CT molecular complexity index is 602. The molecule has 0 heterocycles. The van der Waals surface area contributed by atoms with Crippen molar-refractivity contribution in [2.75, 3.05) is 13.2 Å². The summed E-state index contributed by atoms with van der Waals surface area (Å²) in [6.07, 6.45) is 13.6. The molecule has 0 aliphatic heterocycles. The number of ether oxygens (including phenoxy) is 2. The van der Waals surface area contributed by atoms with Crippen LogP contribution in [0.25, 0.3) is 0 Å². The molecule has 0 aromatic rings. The summed E-state index contributed by atoms with van der Waals surface area (Å²) in [5.41, 5.74) is 4.57. The number of hydrogen-bond acceptors (Lipinski definition) is 4. The van der Waals surface area contributed by atoms with Gasteiger partial charge in [0.25, 0.3) is 0 Å². The van der Waals surface area contributed by atoms with Gasteiger partial charge in [-0.15, -0.1) is 0 Å². The quantitative estimate of drug-likeness (QED) is 0.212. The first kappa shape index (κ1) is 25.9. The third-order valence-corrected chi connectivity index (χ3v) is 4.18. The molecule has 4 heteroatoms. The van der Waals surface area contributed by atoms with Gasteiger partial charge in [0.05, 0.1) is 6.61 Å². The van der Waals surface area contributed by atoms with Crippen LogP contribution in [-0.2, 0) is 19.1 Å². The fourth-order valence-corrected chi connectivity index (χ4v) is 2.55. The van der Waals surface area contributed by atoms with E-state index in [0.717, 1.165) is 43.3 Å². The van der Waals surface area contributed by atoms with Crippen molar-refractivity contribution in [1.82, 2.24) is 0 Å². The zero-order valence-electron chi connectivity index (χ0n) is 18.6. The summed E-state index contributed by atoms with van der Waals surface area (Å²) in [4.78, 5) is 23.0. The van der Waals surface area contributed by atoms with Gasteiger partial charge in [0.15, 0.2) is 0 Å². The highest BCUT2D eigenvalue weighted by molar-refractivity contribution is 5.88. The molecule has 0 rings (SSSR count). The molecule has 0 bridgehead atoms. The third kappa shape index (κ3) is 15.0. The molecule has 4 nitrogen and oxygen atoms in total. The monoisotopic (exact) mass is 390 g/mol. The molecule has 0 saturated heterocycles. The number of hydrogen-bond donors (Lipinski definition) is 0. The van der Waals surface area contributed by atoms with Gasteiger partial charge in [0.1, 0.15) is 6.61 Å². The van der Waals surface area contributed by atoms with Crippen LogP contribution in [0.5, 0.6) is 0 Å². The van der Waals surface area contributed by atoms with Gasteiger partial charge in [-0.05, 0) is 79.2 Å². The van der Waals surface area contributed by atoms with Crippen molar-refractivity contribution < 1.29 is 19.1 Å².